The fraction of sp³-hybridized carbons (Fsp3) is 0.111. The van der Waals surface area contributed by atoms with Gasteiger partial charge in [-0.3, -0.25) is 4.79 Å². The molecule has 0 bridgehead atoms. The lowest BCUT2D eigenvalue weighted by Crippen LogP contribution is -2.22. The number of fused-ring (bicyclic) bond motifs is 4. The van der Waals surface area contributed by atoms with Gasteiger partial charge in [-0.15, -0.1) is 0 Å². The van der Waals surface area contributed by atoms with Crippen LogP contribution in [-0.4, -0.2) is 14.0 Å². The second-order valence-corrected chi connectivity index (χ2v) is 9.24. The lowest BCUT2D eigenvalue weighted by atomic mass is 10.1. The zero-order chi connectivity index (χ0) is 21.8. The van der Waals surface area contributed by atoms with E-state index in [2.05, 4.69) is 73.1 Å². The third-order valence-corrected chi connectivity index (χ3v) is 7.21. The van der Waals surface area contributed by atoms with Crippen LogP contribution in [0.25, 0.3) is 33.0 Å². The fourth-order valence-electron chi connectivity index (χ4n) is 4.41. The minimum absolute atomic E-state index is 0.00403. The van der Waals surface area contributed by atoms with Crippen molar-refractivity contribution in [3.63, 3.8) is 0 Å². The lowest BCUT2D eigenvalue weighted by molar-refractivity contribution is 0.836. The average molecular weight is 436 g/mol. The Kier molecular flexibility index (Phi) is 4.26. The highest BCUT2D eigenvalue weighted by Crippen LogP contribution is 2.25. The van der Waals surface area contributed by atoms with Gasteiger partial charge < -0.3 is 4.57 Å². The minimum atomic E-state index is -0.00403. The molecule has 0 unspecified atom stereocenters. The van der Waals surface area contributed by atoms with E-state index in [1.54, 1.807) is 4.40 Å². The summed E-state index contributed by atoms with van der Waals surface area (Å²) in [6.45, 7) is 4.93. The van der Waals surface area contributed by atoms with Crippen LogP contribution in [0.4, 0.5) is 0 Å². The van der Waals surface area contributed by atoms with Gasteiger partial charge in [-0.2, -0.15) is 0 Å². The average Bonchev–Trinajstić information content (AvgIpc) is 3.44. The fourth-order valence-corrected chi connectivity index (χ4v) is 5.38. The summed E-state index contributed by atoms with van der Waals surface area (Å²) in [6.07, 6.45) is 4.16. The predicted molar refractivity (Wildman–Crippen MR) is 133 cm³/mol. The molecule has 0 fully saturated rings. The van der Waals surface area contributed by atoms with E-state index in [-0.39, 0.29) is 5.56 Å². The van der Waals surface area contributed by atoms with Crippen molar-refractivity contribution < 1.29 is 0 Å². The molecule has 156 valence electrons. The molecule has 0 aliphatic carbocycles. The molecule has 0 N–H and O–H groups in total. The van der Waals surface area contributed by atoms with Crippen LogP contribution in [0.5, 0.6) is 0 Å². The molecule has 0 radical (unpaired) electrons. The molecule has 0 aliphatic heterocycles. The molecule has 6 rings (SSSR count). The largest absolute Gasteiger partial charge is 0.342 e. The second kappa shape index (κ2) is 7.18. The van der Waals surface area contributed by atoms with Crippen LogP contribution in [0.15, 0.2) is 77.7 Å². The van der Waals surface area contributed by atoms with E-state index in [1.165, 1.54) is 22.5 Å². The summed E-state index contributed by atoms with van der Waals surface area (Å²) in [4.78, 5) is 18.9. The summed E-state index contributed by atoms with van der Waals surface area (Å²) >= 11 is 1.46. The van der Waals surface area contributed by atoms with Gasteiger partial charge >= 0.3 is 0 Å². The monoisotopic (exact) mass is 435 g/mol. The highest BCUT2D eigenvalue weighted by molar-refractivity contribution is 7.15. The normalized spacial score (nSPS) is 12.5. The van der Waals surface area contributed by atoms with Gasteiger partial charge in [-0.05, 0) is 48.7 Å². The molecule has 3 aromatic heterocycles. The summed E-state index contributed by atoms with van der Waals surface area (Å²) in [5.41, 5.74) is 7.57. The van der Waals surface area contributed by atoms with Gasteiger partial charge in [0.15, 0.2) is 4.96 Å². The first-order chi connectivity index (χ1) is 15.6. The first-order valence-electron chi connectivity index (χ1n) is 10.6. The maximum atomic E-state index is 13.3. The van der Waals surface area contributed by atoms with E-state index in [1.807, 2.05) is 24.3 Å². The van der Waals surface area contributed by atoms with E-state index < -0.39 is 0 Å². The van der Waals surface area contributed by atoms with Crippen molar-refractivity contribution in [2.75, 3.05) is 0 Å². The summed E-state index contributed by atoms with van der Waals surface area (Å²) < 4.78 is 4.71. The van der Waals surface area contributed by atoms with Gasteiger partial charge in [0.05, 0.1) is 15.6 Å². The lowest BCUT2D eigenvalue weighted by Gasteiger charge is -2.05. The van der Waals surface area contributed by atoms with Gasteiger partial charge in [0.25, 0.3) is 5.56 Å². The molecule has 5 heteroatoms. The number of hydrogen-bond donors (Lipinski definition) is 0. The first-order valence-corrected chi connectivity index (χ1v) is 11.5. The van der Waals surface area contributed by atoms with E-state index in [9.17, 15) is 4.79 Å². The van der Waals surface area contributed by atoms with Crippen molar-refractivity contribution in [1.29, 1.82) is 0 Å². The number of benzene rings is 3. The van der Waals surface area contributed by atoms with E-state index in [4.69, 9.17) is 4.98 Å². The quantitative estimate of drug-likeness (QED) is 0.389. The molecule has 0 aliphatic rings. The van der Waals surface area contributed by atoms with Crippen molar-refractivity contribution in [2.45, 2.75) is 20.4 Å². The molecule has 3 aromatic carbocycles. The third-order valence-electron chi connectivity index (χ3n) is 6.24. The molecule has 32 heavy (non-hydrogen) atoms. The topological polar surface area (TPSA) is 39.3 Å². The summed E-state index contributed by atoms with van der Waals surface area (Å²) in [7, 11) is 0. The van der Waals surface area contributed by atoms with E-state index in [0.29, 0.717) is 4.53 Å². The molecular weight excluding hydrogens is 414 g/mol. The van der Waals surface area contributed by atoms with E-state index >= 15 is 0 Å². The Hall–Kier alpha value is -3.70. The van der Waals surface area contributed by atoms with Crippen molar-refractivity contribution in [2.24, 2.45) is 0 Å². The number of hydrogen-bond acceptors (Lipinski definition) is 3. The molecule has 0 saturated carbocycles. The Morgan fingerprint density at radius 2 is 1.72 bits per heavy atom. The van der Waals surface area contributed by atoms with Crippen LogP contribution >= 0.6 is 11.3 Å². The van der Waals surface area contributed by atoms with Crippen LogP contribution in [-0.2, 0) is 6.54 Å². The van der Waals surface area contributed by atoms with Crippen molar-refractivity contribution in [3.05, 3.63) is 110 Å². The van der Waals surface area contributed by atoms with Crippen molar-refractivity contribution in [3.8, 4) is 0 Å². The molecule has 0 amide bonds. The Labute approximate surface area is 188 Å². The molecular formula is C27H21N3OS. The van der Waals surface area contributed by atoms with Gasteiger partial charge in [-0.1, -0.05) is 65.9 Å². The smallest absolute Gasteiger partial charge is 0.274 e. The van der Waals surface area contributed by atoms with Gasteiger partial charge in [0.1, 0.15) is 0 Å². The SMILES string of the molecule is Cc1ccc2c(nc3sc(=Cc4cn(Cc5ccccc5)c5ccccc45)c(=O)n32)c1C. The number of rotatable bonds is 3. The highest BCUT2D eigenvalue weighted by atomic mass is 32.1. The summed E-state index contributed by atoms with van der Waals surface area (Å²) in [6, 6.07) is 22.8. The predicted octanol–water partition coefficient (Wildman–Crippen LogP) is 5.08. The Morgan fingerprint density at radius 1 is 0.938 bits per heavy atom. The molecule has 3 heterocycles. The molecule has 0 atom stereocenters. The molecule has 6 aromatic rings. The highest BCUT2D eigenvalue weighted by Gasteiger charge is 2.14. The van der Waals surface area contributed by atoms with Crippen LogP contribution < -0.4 is 10.1 Å². The van der Waals surface area contributed by atoms with Gasteiger partial charge in [-0.25, -0.2) is 9.38 Å². The number of aryl methyl sites for hydroxylation is 2. The Balaban J connectivity index is 1.54. The number of thiazole rings is 1. The first kappa shape index (κ1) is 19.0. The second-order valence-electron chi connectivity index (χ2n) is 8.24. The number of aromatic nitrogens is 3. The van der Waals surface area contributed by atoms with Crippen LogP contribution in [0, 0.1) is 13.8 Å². The number of para-hydroxylation sites is 1. The summed E-state index contributed by atoms with van der Waals surface area (Å²) in [5.74, 6) is 0. The van der Waals surface area contributed by atoms with Crippen molar-refractivity contribution >= 4 is 44.3 Å². The molecule has 4 nitrogen and oxygen atoms in total. The molecule has 0 saturated heterocycles. The summed E-state index contributed by atoms with van der Waals surface area (Å²) in [5, 5.41) is 1.14. The van der Waals surface area contributed by atoms with Crippen LogP contribution in [0.1, 0.15) is 22.3 Å². The third kappa shape index (κ3) is 2.89. The molecule has 0 spiro atoms. The number of imidazole rings is 1. The van der Waals surface area contributed by atoms with Gasteiger partial charge in [0, 0.05) is 29.2 Å². The zero-order valence-corrected chi connectivity index (χ0v) is 18.7. The maximum Gasteiger partial charge on any atom is 0.274 e. The zero-order valence-electron chi connectivity index (χ0n) is 17.9. The Morgan fingerprint density at radius 3 is 2.56 bits per heavy atom. The standard InChI is InChI=1S/C27H21N3OS/c1-17-12-13-23-25(18(17)2)28-27-30(23)26(31)24(32-27)14-20-16-29(15-19-8-4-3-5-9-19)22-11-7-6-10-21(20)22/h3-14,16H,15H2,1-2H3. The van der Waals surface area contributed by atoms with Crippen molar-refractivity contribution in [1.82, 2.24) is 14.0 Å². The van der Waals surface area contributed by atoms with E-state index in [0.717, 1.165) is 44.6 Å². The maximum absolute atomic E-state index is 13.3. The van der Waals surface area contributed by atoms with Crippen LogP contribution in [0.3, 0.4) is 0 Å². The van der Waals surface area contributed by atoms with Crippen LogP contribution in [0.2, 0.25) is 0 Å². The Bertz CT molecular complexity index is 1740. The van der Waals surface area contributed by atoms with Gasteiger partial charge in [0.2, 0.25) is 0 Å². The minimum Gasteiger partial charge on any atom is -0.342 e. The number of nitrogens with zero attached hydrogens (tertiary/aromatic N) is 3.